The highest BCUT2D eigenvalue weighted by Crippen LogP contribution is 2.40. The zero-order chi connectivity index (χ0) is 12.4. The summed E-state index contributed by atoms with van der Waals surface area (Å²) in [4.78, 5) is 11.5. The van der Waals surface area contributed by atoms with Crippen molar-refractivity contribution in [2.75, 3.05) is 0 Å². The molecule has 0 spiro atoms. The first-order valence-corrected chi connectivity index (χ1v) is 6.70. The average Bonchev–Trinajstić information content (AvgIpc) is 2.29. The number of ether oxygens (including phenoxy) is 1. The van der Waals surface area contributed by atoms with Crippen molar-refractivity contribution in [1.29, 1.82) is 0 Å². The number of fused-ring (bicyclic) bond motifs is 1. The Morgan fingerprint density at radius 1 is 1.29 bits per heavy atom. The summed E-state index contributed by atoms with van der Waals surface area (Å²) in [6, 6.07) is 0.367. The maximum Gasteiger partial charge on any atom is 0.333 e. The lowest BCUT2D eigenvalue weighted by Gasteiger charge is -2.42. The van der Waals surface area contributed by atoms with E-state index < -0.39 is 0 Å². The molecular weight excluding hydrogens is 214 g/mol. The predicted molar refractivity (Wildman–Crippen MR) is 67.4 cm³/mol. The van der Waals surface area contributed by atoms with E-state index in [0.717, 1.165) is 25.7 Å². The molecule has 96 valence electrons. The van der Waals surface area contributed by atoms with Gasteiger partial charge in [-0.25, -0.2) is 4.79 Å². The van der Waals surface area contributed by atoms with Gasteiger partial charge in [-0.2, -0.15) is 0 Å². The van der Waals surface area contributed by atoms with E-state index in [-0.39, 0.29) is 12.1 Å². The third-order valence-corrected chi connectivity index (χ3v) is 4.28. The average molecular weight is 237 g/mol. The van der Waals surface area contributed by atoms with Crippen LogP contribution in [0.25, 0.3) is 0 Å². The Bertz CT molecular complexity index is 313. The van der Waals surface area contributed by atoms with Crippen molar-refractivity contribution < 1.29 is 9.53 Å². The minimum atomic E-state index is -0.242. The van der Waals surface area contributed by atoms with Crippen LogP contribution in [0, 0.1) is 11.8 Å². The molecule has 4 atom stereocenters. The standard InChI is InChI=1S/C14H23NO2/c1-9(2)14(16)17-11-6-7-12-10(8-11)4-3-5-13(12)15/h10-13H,1,3-8,15H2,2H3. The van der Waals surface area contributed by atoms with Gasteiger partial charge in [-0.1, -0.05) is 13.0 Å². The zero-order valence-electron chi connectivity index (χ0n) is 10.7. The van der Waals surface area contributed by atoms with Crippen LogP contribution in [0.4, 0.5) is 0 Å². The van der Waals surface area contributed by atoms with E-state index in [1.807, 2.05) is 0 Å². The van der Waals surface area contributed by atoms with Gasteiger partial charge >= 0.3 is 5.97 Å². The van der Waals surface area contributed by atoms with Crippen LogP contribution in [-0.2, 0) is 9.53 Å². The van der Waals surface area contributed by atoms with Gasteiger partial charge in [-0.15, -0.1) is 0 Å². The number of esters is 1. The highest BCUT2D eigenvalue weighted by atomic mass is 16.5. The largest absolute Gasteiger partial charge is 0.459 e. The van der Waals surface area contributed by atoms with Gasteiger partial charge in [0, 0.05) is 11.6 Å². The minimum absolute atomic E-state index is 0.0887. The Balaban J connectivity index is 1.89. The van der Waals surface area contributed by atoms with Crippen molar-refractivity contribution in [3.8, 4) is 0 Å². The second-order valence-electron chi connectivity index (χ2n) is 5.64. The van der Waals surface area contributed by atoms with E-state index in [4.69, 9.17) is 10.5 Å². The third kappa shape index (κ3) is 2.89. The lowest BCUT2D eigenvalue weighted by molar-refractivity contribution is -0.147. The summed E-state index contributed by atoms with van der Waals surface area (Å²) in [7, 11) is 0. The van der Waals surface area contributed by atoms with Crippen molar-refractivity contribution in [2.45, 2.75) is 57.6 Å². The molecular formula is C14H23NO2. The summed E-state index contributed by atoms with van der Waals surface area (Å²) in [6.07, 6.45) is 6.80. The maximum atomic E-state index is 11.5. The molecule has 0 bridgehead atoms. The smallest absolute Gasteiger partial charge is 0.333 e. The summed E-state index contributed by atoms with van der Waals surface area (Å²) in [5, 5.41) is 0. The van der Waals surface area contributed by atoms with Crippen molar-refractivity contribution in [3.63, 3.8) is 0 Å². The van der Waals surface area contributed by atoms with Gasteiger partial charge in [0.05, 0.1) is 0 Å². The van der Waals surface area contributed by atoms with Crippen LogP contribution in [0.5, 0.6) is 0 Å². The molecule has 2 N–H and O–H groups in total. The first kappa shape index (κ1) is 12.6. The molecule has 0 amide bonds. The Hall–Kier alpha value is -0.830. The van der Waals surface area contributed by atoms with E-state index in [0.29, 0.717) is 23.5 Å². The maximum absolute atomic E-state index is 11.5. The summed E-state index contributed by atoms with van der Waals surface area (Å²) in [5.41, 5.74) is 6.66. The van der Waals surface area contributed by atoms with E-state index in [1.54, 1.807) is 6.92 Å². The van der Waals surface area contributed by atoms with Crippen LogP contribution in [0.15, 0.2) is 12.2 Å². The van der Waals surface area contributed by atoms with Gasteiger partial charge in [0.1, 0.15) is 6.10 Å². The summed E-state index contributed by atoms with van der Waals surface area (Å²) >= 11 is 0. The monoisotopic (exact) mass is 237 g/mol. The molecule has 4 unspecified atom stereocenters. The third-order valence-electron chi connectivity index (χ3n) is 4.28. The molecule has 2 fully saturated rings. The molecule has 0 heterocycles. The van der Waals surface area contributed by atoms with Crippen LogP contribution in [0.2, 0.25) is 0 Å². The van der Waals surface area contributed by atoms with Crippen LogP contribution in [-0.4, -0.2) is 18.1 Å². The van der Waals surface area contributed by atoms with Crippen molar-refractivity contribution in [2.24, 2.45) is 17.6 Å². The predicted octanol–water partition coefficient (Wildman–Crippen LogP) is 2.40. The number of carbonyl (C=O) groups excluding carboxylic acids is 1. The molecule has 2 rings (SSSR count). The molecule has 2 aliphatic rings. The van der Waals surface area contributed by atoms with Gasteiger partial charge in [0.2, 0.25) is 0 Å². The molecule has 2 saturated carbocycles. The van der Waals surface area contributed by atoms with E-state index >= 15 is 0 Å². The number of hydrogen-bond donors (Lipinski definition) is 1. The summed E-state index contributed by atoms with van der Waals surface area (Å²) in [6.45, 7) is 5.32. The second-order valence-corrected chi connectivity index (χ2v) is 5.64. The van der Waals surface area contributed by atoms with Crippen LogP contribution < -0.4 is 5.73 Å². The summed E-state index contributed by atoms with van der Waals surface area (Å²) in [5.74, 6) is 1.08. The van der Waals surface area contributed by atoms with Gasteiger partial charge in [0.25, 0.3) is 0 Å². The normalized spacial score (nSPS) is 37.1. The van der Waals surface area contributed by atoms with Crippen LogP contribution in [0.1, 0.15) is 45.4 Å². The van der Waals surface area contributed by atoms with E-state index in [2.05, 4.69) is 6.58 Å². The van der Waals surface area contributed by atoms with Crippen LogP contribution in [0.3, 0.4) is 0 Å². The second kappa shape index (κ2) is 5.21. The topological polar surface area (TPSA) is 52.3 Å². The first-order chi connectivity index (χ1) is 8.08. The lowest BCUT2D eigenvalue weighted by Crippen LogP contribution is -2.43. The molecule has 3 nitrogen and oxygen atoms in total. The Morgan fingerprint density at radius 3 is 2.76 bits per heavy atom. The molecule has 0 aliphatic heterocycles. The Kier molecular flexibility index (Phi) is 3.87. The zero-order valence-corrected chi connectivity index (χ0v) is 10.7. The fourth-order valence-electron chi connectivity index (χ4n) is 3.33. The number of hydrogen-bond acceptors (Lipinski definition) is 3. The highest BCUT2D eigenvalue weighted by Gasteiger charge is 2.37. The quantitative estimate of drug-likeness (QED) is 0.592. The molecule has 0 saturated heterocycles. The molecule has 0 aromatic carbocycles. The molecule has 17 heavy (non-hydrogen) atoms. The molecule has 0 aromatic rings. The molecule has 2 aliphatic carbocycles. The Morgan fingerprint density at radius 2 is 2.06 bits per heavy atom. The Labute approximate surface area is 103 Å². The SMILES string of the molecule is C=C(C)C(=O)OC1CCC2C(N)CCCC2C1. The molecule has 0 radical (unpaired) electrons. The number of carbonyl (C=O) groups is 1. The van der Waals surface area contributed by atoms with Crippen molar-refractivity contribution in [1.82, 2.24) is 0 Å². The molecule has 3 heteroatoms. The number of nitrogens with two attached hydrogens (primary N) is 1. The fraction of sp³-hybridized carbons (Fsp3) is 0.786. The van der Waals surface area contributed by atoms with E-state index in [1.165, 1.54) is 12.8 Å². The first-order valence-electron chi connectivity index (χ1n) is 6.70. The van der Waals surface area contributed by atoms with Crippen molar-refractivity contribution >= 4 is 5.97 Å². The number of rotatable bonds is 2. The molecule has 0 aromatic heterocycles. The van der Waals surface area contributed by atoms with Gasteiger partial charge in [0.15, 0.2) is 0 Å². The van der Waals surface area contributed by atoms with E-state index in [9.17, 15) is 4.79 Å². The van der Waals surface area contributed by atoms with Crippen molar-refractivity contribution in [3.05, 3.63) is 12.2 Å². The fourth-order valence-corrected chi connectivity index (χ4v) is 3.33. The minimum Gasteiger partial charge on any atom is -0.459 e. The highest BCUT2D eigenvalue weighted by molar-refractivity contribution is 5.87. The van der Waals surface area contributed by atoms with Gasteiger partial charge < -0.3 is 10.5 Å². The van der Waals surface area contributed by atoms with Crippen LogP contribution >= 0.6 is 0 Å². The summed E-state index contributed by atoms with van der Waals surface area (Å²) < 4.78 is 5.46. The van der Waals surface area contributed by atoms with Gasteiger partial charge in [-0.05, 0) is 50.9 Å². The van der Waals surface area contributed by atoms with Gasteiger partial charge in [-0.3, -0.25) is 0 Å². The lowest BCUT2D eigenvalue weighted by atomic mass is 9.68.